The van der Waals surface area contributed by atoms with Crippen molar-refractivity contribution in [1.29, 1.82) is 0 Å². The lowest BCUT2D eigenvalue weighted by molar-refractivity contribution is -0.149. The number of carbonyl (C=O) groups is 2. The molecule has 17 heavy (non-hydrogen) atoms. The van der Waals surface area contributed by atoms with Gasteiger partial charge in [-0.15, -0.1) is 0 Å². The lowest BCUT2D eigenvalue weighted by atomic mass is 9.92. The van der Waals surface area contributed by atoms with Gasteiger partial charge in [-0.05, 0) is 18.1 Å². The van der Waals surface area contributed by atoms with Gasteiger partial charge < -0.3 is 14.9 Å². The van der Waals surface area contributed by atoms with Crippen molar-refractivity contribution in [2.24, 2.45) is 5.92 Å². The molecule has 2 rings (SSSR count). The predicted octanol–water partition coefficient (Wildman–Crippen LogP) is 1.12. The van der Waals surface area contributed by atoms with E-state index in [2.05, 4.69) is 0 Å². The Bertz CT molecular complexity index is 480. The van der Waals surface area contributed by atoms with Gasteiger partial charge in [-0.3, -0.25) is 9.59 Å². The average Bonchev–Trinajstić information content (AvgIpc) is 2.67. The van der Waals surface area contributed by atoms with Crippen LogP contribution in [0, 0.1) is 5.92 Å². The molecule has 0 saturated heterocycles. The topological polar surface area (TPSA) is 83.8 Å². The second-order valence-corrected chi connectivity index (χ2v) is 4.00. The van der Waals surface area contributed by atoms with Crippen molar-refractivity contribution < 1.29 is 24.5 Å². The molecule has 0 saturated carbocycles. The van der Waals surface area contributed by atoms with Crippen LogP contribution < -0.4 is 4.74 Å². The summed E-state index contributed by atoms with van der Waals surface area (Å²) in [6, 6.07) is 5.14. The first-order valence-electron chi connectivity index (χ1n) is 5.17. The third-order valence-corrected chi connectivity index (χ3v) is 3.11. The van der Waals surface area contributed by atoms with Gasteiger partial charge in [0.2, 0.25) is 0 Å². The molecule has 90 valence electrons. The van der Waals surface area contributed by atoms with Gasteiger partial charge >= 0.3 is 11.9 Å². The summed E-state index contributed by atoms with van der Waals surface area (Å²) in [6.45, 7) is 0. The molecule has 0 fully saturated rings. The van der Waals surface area contributed by atoms with Gasteiger partial charge in [-0.2, -0.15) is 0 Å². The van der Waals surface area contributed by atoms with Crippen molar-refractivity contribution in [2.75, 3.05) is 7.11 Å². The molecule has 0 amide bonds. The standard InChI is InChI=1S/C12H12O5/c1-17-8-4-2-3-6-5-7(11(13)14)10(9(6)8)12(15)16/h2-4,7,10H,5H2,1H3,(H,13,14)(H,15,16). The highest BCUT2D eigenvalue weighted by Gasteiger charge is 2.43. The highest BCUT2D eigenvalue weighted by atomic mass is 16.5. The second kappa shape index (κ2) is 4.08. The van der Waals surface area contributed by atoms with Gasteiger partial charge in [0.15, 0.2) is 0 Å². The van der Waals surface area contributed by atoms with Gasteiger partial charge in [0.25, 0.3) is 0 Å². The Labute approximate surface area is 97.6 Å². The molecule has 1 aliphatic rings. The van der Waals surface area contributed by atoms with Gasteiger partial charge in [0, 0.05) is 5.56 Å². The maximum absolute atomic E-state index is 11.2. The SMILES string of the molecule is COc1cccc2c1C(C(=O)O)C(C(=O)O)C2. The number of carboxylic acids is 2. The third-order valence-electron chi connectivity index (χ3n) is 3.11. The molecule has 1 aromatic rings. The maximum atomic E-state index is 11.2. The summed E-state index contributed by atoms with van der Waals surface area (Å²) in [7, 11) is 1.45. The van der Waals surface area contributed by atoms with Crippen molar-refractivity contribution in [3.63, 3.8) is 0 Å². The zero-order valence-electron chi connectivity index (χ0n) is 9.21. The highest BCUT2D eigenvalue weighted by molar-refractivity contribution is 5.87. The fourth-order valence-electron chi connectivity index (χ4n) is 2.38. The monoisotopic (exact) mass is 236 g/mol. The Morgan fingerprint density at radius 2 is 2.00 bits per heavy atom. The van der Waals surface area contributed by atoms with E-state index >= 15 is 0 Å². The van der Waals surface area contributed by atoms with Gasteiger partial charge in [0.1, 0.15) is 5.75 Å². The fraction of sp³-hybridized carbons (Fsp3) is 0.333. The Morgan fingerprint density at radius 3 is 2.53 bits per heavy atom. The van der Waals surface area contributed by atoms with Crippen molar-refractivity contribution >= 4 is 11.9 Å². The van der Waals surface area contributed by atoms with E-state index in [0.717, 1.165) is 5.56 Å². The van der Waals surface area contributed by atoms with Crippen LogP contribution in [0.5, 0.6) is 5.75 Å². The smallest absolute Gasteiger partial charge is 0.312 e. The zero-order valence-corrected chi connectivity index (χ0v) is 9.21. The van der Waals surface area contributed by atoms with Gasteiger partial charge in [0.05, 0.1) is 18.9 Å². The first-order valence-corrected chi connectivity index (χ1v) is 5.17. The molecule has 0 bridgehead atoms. The van der Waals surface area contributed by atoms with Crippen molar-refractivity contribution in [2.45, 2.75) is 12.3 Å². The Balaban J connectivity index is 2.55. The summed E-state index contributed by atoms with van der Waals surface area (Å²) in [5.41, 5.74) is 1.24. The van der Waals surface area contributed by atoms with Gasteiger partial charge in [-0.25, -0.2) is 0 Å². The van der Waals surface area contributed by atoms with E-state index in [-0.39, 0.29) is 6.42 Å². The van der Waals surface area contributed by atoms with Crippen LogP contribution in [0.15, 0.2) is 18.2 Å². The van der Waals surface area contributed by atoms with E-state index in [0.29, 0.717) is 11.3 Å². The number of fused-ring (bicyclic) bond motifs is 1. The lowest BCUT2D eigenvalue weighted by Gasteiger charge is -2.14. The first-order chi connectivity index (χ1) is 8.06. The van der Waals surface area contributed by atoms with Crippen LogP contribution in [0.2, 0.25) is 0 Å². The quantitative estimate of drug-likeness (QED) is 0.821. The summed E-state index contributed by atoms with van der Waals surface area (Å²) in [6.07, 6.45) is 0.235. The number of rotatable bonds is 3. The van der Waals surface area contributed by atoms with Crippen molar-refractivity contribution in [3.05, 3.63) is 29.3 Å². The number of ether oxygens (including phenoxy) is 1. The van der Waals surface area contributed by atoms with Crippen LogP contribution in [0.1, 0.15) is 17.0 Å². The molecule has 2 unspecified atom stereocenters. The van der Waals surface area contributed by atoms with Crippen molar-refractivity contribution in [1.82, 2.24) is 0 Å². The summed E-state index contributed by atoms with van der Waals surface area (Å²) in [5.74, 6) is -3.72. The zero-order chi connectivity index (χ0) is 12.6. The number of methoxy groups -OCH3 is 1. The van der Waals surface area contributed by atoms with Crippen molar-refractivity contribution in [3.8, 4) is 5.75 Å². The molecule has 0 spiro atoms. The normalized spacial score (nSPS) is 21.9. The van der Waals surface area contributed by atoms with E-state index < -0.39 is 23.8 Å². The average molecular weight is 236 g/mol. The Morgan fingerprint density at radius 1 is 1.29 bits per heavy atom. The summed E-state index contributed by atoms with van der Waals surface area (Å²) in [5, 5.41) is 18.2. The largest absolute Gasteiger partial charge is 0.496 e. The fourth-order valence-corrected chi connectivity index (χ4v) is 2.38. The van der Waals surface area contributed by atoms with E-state index in [1.54, 1.807) is 18.2 Å². The molecule has 2 atom stereocenters. The molecule has 2 N–H and O–H groups in total. The number of carboxylic acid groups (broad SMARTS) is 2. The number of aliphatic carboxylic acids is 2. The second-order valence-electron chi connectivity index (χ2n) is 4.00. The number of hydrogen-bond donors (Lipinski definition) is 2. The summed E-state index contributed by atoms with van der Waals surface area (Å²) < 4.78 is 5.11. The molecule has 5 heteroatoms. The Hall–Kier alpha value is -2.04. The van der Waals surface area contributed by atoms with Crippen LogP contribution >= 0.6 is 0 Å². The molecule has 0 aromatic heterocycles. The predicted molar refractivity (Wildman–Crippen MR) is 58.2 cm³/mol. The van der Waals surface area contributed by atoms with Crippen LogP contribution in [0.3, 0.4) is 0 Å². The molecular weight excluding hydrogens is 224 g/mol. The minimum Gasteiger partial charge on any atom is -0.496 e. The number of benzene rings is 1. The first kappa shape index (κ1) is 11.4. The number of hydrogen-bond acceptors (Lipinski definition) is 3. The molecule has 0 aliphatic heterocycles. The van der Waals surface area contributed by atoms with Crippen LogP contribution in [-0.2, 0) is 16.0 Å². The Kier molecular flexibility index (Phi) is 2.75. The molecule has 1 aromatic carbocycles. The minimum atomic E-state index is -1.12. The lowest BCUT2D eigenvalue weighted by Crippen LogP contribution is -2.24. The van der Waals surface area contributed by atoms with E-state index in [9.17, 15) is 14.7 Å². The third kappa shape index (κ3) is 1.73. The highest BCUT2D eigenvalue weighted by Crippen LogP contribution is 2.43. The molecule has 0 heterocycles. The summed E-state index contributed by atoms with van der Waals surface area (Å²) >= 11 is 0. The van der Waals surface area contributed by atoms with Crippen LogP contribution in [0.4, 0.5) is 0 Å². The summed E-state index contributed by atoms with van der Waals surface area (Å²) in [4.78, 5) is 22.3. The van der Waals surface area contributed by atoms with Crippen LogP contribution in [-0.4, -0.2) is 29.3 Å². The maximum Gasteiger partial charge on any atom is 0.312 e. The molecule has 0 radical (unpaired) electrons. The van der Waals surface area contributed by atoms with Crippen LogP contribution in [0.25, 0.3) is 0 Å². The van der Waals surface area contributed by atoms with E-state index in [1.807, 2.05) is 0 Å². The van der Waals surface area contributed by atoms with Gasteiger partial charge in [-0.1, -0.05) is 12.1 Å². The molecule has 1 aliphatic carbocycles. The minimum absolute atomic E-state index is 0.235. The van der Waals surface area contributed by atoms with E-state index in [1.165, 1.54) is 7.11 Å². The molecular formula is C12H12O5. The van der Waals surface area contributed by atoms with E-state index in [4.69, 9.17) is 9.84 Å². The molecule has 5 nitrogen and oxygen atoms in total.